The second kappa shape index (κ2) is 5.71. The Bertz CT molecular complexity index is 303. The fraction of sp³-hybridized carbons (Fsp3) is 1.00. The molecule has 1 N–H and O–H groups in total. The SMILES string of the molecule is CC(C)NCC1(CC2CCC(C)(C)O2)CCOC1C. The van der Waals surface area contributed by atoms with Gasteiger partial charge in [-0.25, -0.2) is 0 Å². The fourth-order valence-corrected chi connectivity index (χ4v) is 3.47. The molecule has 3 unspecified atom stereocenters. The minimum absolute atomic E-state index is 0.0695. The van der Waals surface area contributed by atoms with Crippen molar-refractivity contribution in [2.75, 3.05) is 13.2 Å². The third kappa shape index (κ3) is 3.71. The van der Waals surface area contributed by atoms with Crippen molar-refractivity contribution in [1.82, 2.24) is 5.32 Å². The Morgan fingerprint density at radius 3 is 2.47 bits per heavy atom. The molecule has 0 aromatic heterocycles. The molecular formula is C16H31NO2. The van der Waals surface area contributed by atoms with Crippen molar-refractivity contribution in [2.24, 2.45) is 5.41 Å². The number of hydrogen-bond acceptors (Lipinski definition) is 3. The van der Waals surface area contributed by atoms with Crippen LogP contribution in [0.2, 0.25) is 0 Å². The van der Waals surface area contributed by atoms with E-state index in [9.17, 15) is 0 Å². The van der Waals surface area contributed by atoms with Gasteiger partial charge >= 0.3 is 0 Å². The van der Waals surface area contributed by atoms with Crippen molar-refractivity contribution in [3.05, 3.63) is 0 Å². The molecule has 0 radical (unpaired) electrons. The zero-order valence-electron chi connectivity index (χ0n) is 13.3. The van der Waals surface area contributed by atoms with Crippen LogP contribution >= 0.6 is 0 Å². The summed E-state index contributed by atoms with van der Waals surface area (Å²) in [6.07, 6.45) is 5.43. The first-order valence-electron chi connectivity index (χ1n) is 7.86. The van der Waals surface area contributed by atoms with E-state index in [-0.39, 0.29) is 11.0 Å². The van der Waals surface area contributed by atoms with Gasteiger partial charge in [0.1, 0.15) is 0 Å². The van der Waals surface area contributed by atoms with Gasteiger partial charge in [-0.05, 0) is 46.5 Å². The Morgan fingerprint density at radius 2 is 2.00 bits per heavy atom. The van der Waals surface area contributed by atoms with E-state index in [0.717, 1.165) is 26.0 Å². The van der Waals surface area contributed by atoms with Crippen molar-refractivity contribution < 1.29 is 9.47 Å². The standard InChI is InChI=1S/C16H31NO2/c1-12(2)17-11-16(8-9-18-13(16)3)10-14-6-7-15(4,5)19-14/h12-14,17H,6-11H2,1-5H3. The average molecular weight is 269 g/mol. The average Bonchev–Trinajstić information content (AvgIpc) is 2.81. The topological polar surface area (TPSA) is 30.5 Å². The number of ether oxygens (including phenoxy) is 2. The molecule has 2 aliphatic rings. The number of nitrogens with one attached hydrogen (secondary N) is 1. The molecule has 3 nitrogen and oxygen atoms in total. The lowest BCUT2D eigenvalue weighted by Crippen LogP contribution is -2.44. The number of rotatable bonds is 5. The van der Waals surface area contributed by atoms with Gasteiger partial charge in [0, 0.05) is 24.6 Å². The van der Waals surface area contributed by atoms with Gasteiger partial charge in [0.05, 0.1) is 17.8 Å². The van der Waals surface area contributed by atoms with Gasteiger partial charge in [-0.3, -0.25) is 0 Å². The van der Waals surface area contributed by atoms with E-state index >= 15 is 0 Å². The highest BCUT2D eigenvalue weighted by molar-refractivity contribution is 4.95. The Kier molecular flexibility index (Phi) is 4.59. The maximum atomic E-state index is 6.21. The first-order valence-corrected chi connectivity index (χ1v) is 7.86. The van der Waals surface area contributed by atoms with Gasteiger partial charge in [-0.15, -0.1) is 0 Å². The van der Waals surface area contributed by atoms with Crippen LogP contribution in [0.3, 0.4) is 0 Å². The molecule has 0 amide bonds. The van der Waals surface area contributed by atoms with Gasteiger partial charge in [-0.2, -0.15) is 0 Å². The molecule has 19 heavy (non-hydrogen) atoms. The van der Waals surface area contributed by atoms with E-state index in [0.29, 0.717) is 18.2 Å². The quantitative estimate of drug-likeness (QED) is 0.832. The van der Waals surface area contributed by atoms with Crippen molar-refractivity contribution >= 4 is 0 Å². The Hall–Kier alpha value is -0.120. The summed E-state index contributed by atoms with van der Waals surface area (Å²) in [5, 5.41) is 3.62. The van der Waals surface area contributed by atoms with Crippen LogP contribution in [0.5, 0.6) is 0 Å². The third-order valence-electron chi connectivity index (χ3n) is 4.88. The van der Waals surface area contributed by atoms with Gasteiger partial charge in [0.25, 0.3) is 0 Å². The van der Waals surface area contributed by atoms with Crippen LogP contribution in [0.25, 0.3) is 0 Å². The molecule has 3 atom stereocenters. The minimum Gasteiger partial charge on any atom is -0.378 e. The summed E-state index contributed by atoms with van der Waals surface area (Å²) >= 11 is 0. The molecule has 0 spiro atoms. The predicted molar refractivity (Wildman–Crippen MR) is 78.4 cm³/mol. The Morgan fingerprint density at radius 1 is 1.26 bits per heavy atom. The molecule has 0 bridgehead atoms. The third-order valence-corrected chi connectivity index (χ3v) is 4.88. The lowest BCUT2D eigenvalue weighted by Gasteiger charge is -2.36. The smallest absolute Gasteiger partial charge is 0.0631 e. The lowest BCUT2D eigenvalue weighted by molar-refractivity contribution is -0.0466. The maximum Gasteiger partial charge on any atom is 0.0631 e. The highest BCUT2D eigenvalue weighted by Crippen LogP contribution is 2.43. The van der Waals surface area contributed by atoms with Gasteiger partial charge in [0.2, 0.25) is 0 Å². The summed E-state index contributed by atoms with van der Waals surface area (Å²) < 4.78 is 12.1. The van der Waals surface area contributed by atoms with Gasteiger partial charge < -0.3 is 14.8 Å². The molecule has 2 aliphatic heterocycles. The molecule has 2 saturated heterocycles. The van der Waals surface area contributed by atoms with E-state index < -0.39 is 0 Å². The largest absolute Gasteiger partial charge is 0.378 e. The van der Waals surface area contributed by atoms with Crippen LogP contribution < -0.4 is 5.32 Å². The monoisotopic (exact) mass is 269 g/mol. The molecule has 2 fully saturated rings. The normalized spacial score (nSPS) is 38.2. The van der Waals surface area contributed by atoms with E-state index in [1.165, 1.54) is 12.8 Å². The predicted octanol–water partition coefficient (Wildman–Crippen LogP) is 3.13. The highest BCUT2D eigenvalue weighted by Gasteiger charge is 2.45. The molecule has 0 saturated carbocycles. The molecular weight excluding hydrogens is 238 g/mol. The molecule has 3 heteroatoms. The van der Waals surface area contributed by atoms with Gasteiger partial charge in [0.15, 0.2) is 0 Å². The number of hydrogen-bond donors (Lipinski definition) is 1. The first-order chi connectivity index (χ1) is 8.83. The summed E-state index contributed by atoms with van der Waals surface area (Å²) in [6.45, 7) is 13.0. The first kappa shape index (κ1) is 15.3. The summed E-state index contributed by atoms with van der Waals surface area (Å²) in [6, 6.07) is 0.533. The maximum absolute atomic E-state index is 6.21. The van der Waals surface area contributed by atoms with E-state index in [1.807, 2.05) is 0 Å². The van der Waals surface area contributed by atoms with Crippen LogP contribution in [-0.4, -0.2) is 37.0 Å². The molecule has 2 heterocycles. The molecule has 2 rings (SSSR count). The second-order valence-electron chi connectivity index (χ2n) is 7.40. The summed E-state index contributed by atoms with van der Waals surface area (Å²) in [5.41, 5.74) is 0.329. The van der Waals surface area contributed by atoms with Crippen molar-refractivity contribution in [3.63, 3.8) is 0 Å². The molecule has 0 aromatic carbocycles. The minimum atomic E-state index is 0.0695. The van der Waals surface area contributed by atoms with Crippen LogP contribution in [0.4, 0.5) is 0 Å². The highest BCUT2D eigenvalue weighted by atomic mass is 16.5. The Labute approximate surface area is 118 Å². The zero-order valence-corrected chi connectivity index (χ0v) is 13.3. The summed E-state index contributed by atoms with van der Waals surface area (Å²) in [7, 11) is 0. The summed E-state index contributed by atoms with van der Waals surface area (Å²) in [5.74, 6) is 0. The molecule has 0 aromatic rings. The second-order valence-corrected chi connectivity index (χ2v) is 7.40. The van der Waals surface area contributed by atoms with Crippen LogP contribution in [-0.2, 0) is 9.47 Å². The zero-order chi connectivity index (χ0) is 14.1. The van der Waals surface area contributed by atoms with Crippen molar-refractivity contribution in [3.8, 4) is 0 Å². The van der Waals surface area contributed by atoms with E-state index in [4.69, 9.17) is 9.47 Å². The molecule has 112 valence electrons. The van der Waals surface area contributed by atoms with Crippen LogP contribution in [0.1, 0.15) is 60.3 Å². The van der Waals surface area contributed by atoms with Gasteiger partial charge in [-0.1, -0.05) is 13.8 Å². The summed E-state index contributed by atoms with van der Waals surface area (Å²) in [4.78, 5) is 0. The van der Waals surface area contributed by atoms with Crippen LogP contribution in [0.15, 0.2) is 0 Å². The van der Waals surface area contributed by atoms with E-state index in [2.05, 4.69) is 39.9 Å². The van der Waals surface area contributed by atoms with Crippen molar-refractivity contribution in [1.29, 1.82) is 0 Å². The fourth-order valence-electron chi connectivity index (χ4n) is 3.47. The Balaban J connectivity index is 1.98. The van der Waals surface area contributed by atoms with Crippen LogP contribution in [0, 0.1) is 5.41 Å². The van der Waals surface area contributed by atoms with E-state index in [1.54, 1.807) is 0 Å². The lowest BCUT2D eigenvalue weighted by atomic mass is 9.76. The molecule has 0 aliphatic carbocycles. The van der Waals surface area contributed by atoms with Crippen molar-refractivity contribution in [2.45, 2.75) is 84.2 Å².